The Labute approximate surface area is 33.4 Å². The Bertz CT molecular complexity index is 11.1. The number of hydrogen-bond acceptors (Lipinski definition) is 1. The van der Waals surface area contributed by atoms with Crippen LogP contribution >= 0.6 is 0 Å². The molecule has 5 heavy (non-hydrogen) atoms. The Morgan fingerprint density at radius 1 is 1.80 bits per heavy atom. The molecule has 0 rings (SSSR count). The summed E-state index contributed by atoms with van der Waals surface area (Å²) in [7, 11) is 1.93. The third-order valence-corrected chi connectivity index (χ3v) is 0.408. The zero-order chi connectivity index (χ0) is 4.12. The van der Waals surface area contributed by atoms with Gasteiger partial charge in [-0.2, -0.15) is 0 Å². The third kappa shape index (κ3) is 3.96. The summed E-state index contributed by atoms with van der Waals surface area (Å²) in [6, 6.07) is 0. The summed E-state index contributed by atoms with van der Waals surface area (Å²) in [4.78, 5) is 0. The summed E-state index contributed by atoms with van der Waals surface area (Å²) in [6.07, 6.45) is 2.07. The zero-order valence-corrected chi connectivity index (χ0v) is 3.78. The van der Waals surface area contributed by atoms with Crippen molar-refractivity contribution in [2.24, 2.45) is 0 Å². The first-order chi connectivity index (χ1) is 2.41. The molecule has 31 valence electrons. The second-order valence-corrected chi connectivity index (χ2v) is 0.966. The molecule has 1 radical (unpaired) electrons. The predicted molar refractivity (Wildman–Crippen MR) is 23.9 cm³/mol. The molecule has 1 nitrogen and oxygen atoms in total. The molecule has 0 saturated heterocycles. The molecular formula is C4H10N. The van der Waals surface area contributed by atoms with Crippen molar-refractivity contribution in [1.82, 2.24) is 5.32 Å². The van der Waals surface area contributed by atoms with E-state index in [1.54, 1.807) is 0 Å². The number of hydrogen-bond donors (Lipinski definition) is 1. The lowest BCUT2D eigenvalue weighted by atomic mass is 10.5. The van der Waals surface area contributed by atoms with Gasteiger partial charge in [0.2, 0.25) is 0 Å². The van der Waals surface area contributed by atoms with Crippen molar-refractivity contribution in [3.05, 3.63) is 6.42 Å². The normalized spacial score (nSPS) is 8.40. The lowest BCUT2D eigenvalue weighted by molar-refractivity contribution is 0.876. The molecule has 0 aliphatic carbocycles. The summed E-state index contributed by atoms with van der Waals surface area (Å²) in [5.41, 5.74) is 0. The van der Waals surface area contributed by atoms with Crippen LogP contribution < -0.4 is 5.32 Å². The maximum atomic E-state index is 2.96. The highest BCUT2D eigenvalue weighted by Crippen LogP contribution is 1.59. The van der Waals surface area contributed by atoms with Crippen molar-refractivity contribution >= 4 is 0 Å². The van der Waals surface area contributed by atoms with Crippen LogP contribution in [0.1, 0.15) is 6.92 Å². The maximum absolute atomic E-state index is 2.96. The van der Waals surface area contributed by atoms with Gasteiger partial charge >= 0.3 is 0 Å². The van der Waals surface area contributed by atoms with Crippen molar-refractivity contribution in [3.63, 3.8) is 0 Å². The van der Waals surface area contributed by atoms with E-state index in [1.165, 1.54) is 0 Å². The van der Waals surface area contributed by atoms with Crippen LogP contribution in [0.3, 0.4) is 0 Å². The maximum Gasteiger partial charge on any atom is -0.00231 e. The third-order valence-electron chi connectivity index (χ3n) is 0.408. The van der Waals surface area contributed by atoms with E-state index in [0.717, 1.165) is 6.54 Å². The SMILES string of the molecule is C[CH]CNC. The van der Waals surface area contributed by atoms with E-state index in [-0.39, 0.29) is 0 Å². The fraction of sp³-hybridized carbons (Fsp3) is 0.750. The standard InChI is InChI=1S/C4H10N/c1-3-4-5-2/h3,5H,4H2,1-2H3. The van der Waals surface area contributed by atoms with Gasteiger partial charge in [-0.15, -0.1) is 0 Å². The first-order valence-electron chi connectivity index (χ1n) is 1.84. The van der Waals surface area contributed by atoms with E-state index in [9.17, 15) is 0 Å². The summed E-state index contributed by atoms with van der Waals surface area (Å²) in [5, 5.41) is 2.96. The van der Waals surface area contributed by atoms with Crippen LogP contribution in [0.2, 0.25) is 0 Å². The van der Waals surface area contributed by atoms with Crippen LogP contribution in [0.4, 0.5) is 0 Å². The van der Waals surface area contributed by atoms with Gasteiger partial charge in [0, 0.05) is 0 Å². The van der Waals surface area contributed by atoms with Gasteiger partial charge < -0.3 is 5.32 Å². The predicted octanol–water partition coefficient (Wildman–Crippen LogP) is 0.430. The highest BCUT2D eigenvalue weighted by Gasteiger charge is 1.65. The van der Waals surface area contributed by atoms with Gasteiger partial charge in [0.15, 0.2) is 0 Å². The van der Waals surface area contributed by atoms with Gasteiger partial charge in [0.25, 0.3) is 0 Å². The Kier molecular flexibility index (Phi) is 3.93. The summed E-state index contributed by atoms with van der Waals surface area (Å²) < 4.78 is 0. The second-order valence-electron chi connectivity index (χ2n) is 0.966. The Hall–Kier alpha value is -0.0400. The van der Waals surface area contributed by atoms with Gasteiger partial charge in [-0.05, 0) is 20.0 Å². The summed E-state index contributed by atoms with van der Waals surface area (Å²) >= 11 is 0. The van der Waals surface area contributed by atoms with Crippen LogP contribution in [0.25, 0.3) is 0 Å². The van der Waals surface area contributed by atoms with E-state index in [4.69, 9.17) is 0 Å². The molecule has 0 aromatic rings. The monoisotopic (exact) mass is 72.1 g/mol. The molecule has 1 N–H and O–H groups in total. The minimum absolute atomic E-state index is 1.01. The Morgan fingerprint density at radius 2 is 2.40 bits per heavy atom. The van der Waals surface area contributed by atoms with Crippen LogP contribution in [-0.2, 0) is 0 Å². The first kappa shape index (κ1) is 4.96. The summed E-state index contributed by atoms with van der Waals surface area (Å²) in [5.74, 6) is 0. The lowest BCUT2D eigenvalue weighted by Crippen LogP contribution is -2.05. The molecule has 0 aromatic carbocycles. The van der Waals surface area contributed by atoms with Crippen LogP contribution in [-0.4, -0.2) is 13.6 Å². The first-order valence-corrected chi connectivity index (χ1v) is 1.84. The minimum Gasteiger partial charge on any atom is -0.319 e. The lowest BCUT2D eigenvalue weighted by Gasteiger charge is -1.84. The molecule has 0 atom stereocenters. The van der Waals surface area contributed by atoms with Crippen molar-refractivity contribution in [2.75, 3.05) is 13.6 Å². The molecule has 0 bridgehead atoms. The second kappa shape index (κ2) is 3.96. The molecule has 0 aromatic heterocycles. The molecule has 1 heteroatoms. The molecule has 0 amide bonds. The van der Waals surface area contributed by atoms with Gasteiger partial charge in [-0.25, -0.2) is 0 Å². The molecular weight excluding hydrogens is 62.1 g/mol. The molecule has 0 aliphatic heterocycles. The zero-order valence-electron chi connectivity index (χ0n) is 3.78. The summed E-state index contributed by atoms with van der Waals surface area (Å²) in [6.45, 7) is 3.04. The van der Waals surface area contributed by atoms with Gasteiger partial charge in [-0.1, -0.05) is 6.92 Å². The van der Waals surface area contributed by atoms with Gasteiger partial charge in [0.05, 0.1) is 0 Å². The fourth-order valence-electron chi connectivity index (χ4n) is 0.204. The molecule has 0 spiro atoms. The van der Waals surface area contributed by atoms with Crippen molar-refractivity contribution in [1.29, 1.82) is 0 Å². The van der Waals surface area contributed by atoms with E-state index >= 15 is 0 Å². The Morgan fingerprint density at radius 3 is 2.40 bits per heavy atom. The topological polar surface area (TPSA) is 12.0 Å². The van der Waals surface area contributed by atoms with Crippen molar-refractivity contribution in [3.8, 4) is 0 Å². The van der Waals surface area contributed by atoms with Gasteiger partial charge in [-0.3, -0.25) is 0 Å². The quantitative estimate of drug-likeness (QED) is 0.499. The smallest absolute Gasteiger partial charge is 0.00231 e. The molecule has 0 heterocycles. The Balaban J connectivity index is 2.19. The largest absolute Gasteiger partial charge is 0.319 e. The van der Waals surface area contributed by atoms with Crippen LogP contribution in [0.5, 0.6) is 0 Å². The minimum atomic E-state index is 1.01. The number of rotatable bonds is 2. The molecule has 0 unspecified atom stereocenters. The molecule has 0 fully saturated rings. The van der Waals surface area contributed by atoms with E-state index in [2.05, 4.69) is 11.7 Å². The fourth-order valence-corrected chi connectivity index (χ4v) is 0.204. The van der Waals surface area contributed by atoms with Gasteiger partial charge in [0.1, 0.15) is 0 Å². The molecule has 0 aliphatic rings. The van der Waals surface area contributed by atoms with Crippen molar-refractivity contribution < 1.29 is 0 Å². The van der Waals surface area contributed by atoms with E-state index in [1.807, 2.05) is 14.0 Å². The van der Waals surface area contributed by atoms with E-state index < -0.39 is 0 Å². The average molecular weight is 72.1 g/mol. The van der Waals surface area contributed by atoms with Crippen LogP contribution in [0, 0.1) is 6.42 Å². The van der Waals surface area contributed by atoms with Crippen molar-refractivity contribution in [2.45, 2.75) is 6.92 Å². The molecule has 0 saturated carbocycles. The average Bonchev–Trinajstić information content (AvgIpc) is 1.41. The van der Waals surface area contributed by atoms with E-state index in [0.29, 0.717) is 0 Å². The highest BCUT2D eigenvalue weighted by molar-refractivity contribution is 4.54. The highest BCUT2D eigenvalue weighted by atomic mass is 14.8. The van der Waals surface area contributed by atoms with Crippen LogP contribution in [0.15, 0.2) is 0 Å². The number of nitrogens with one attached hydrogen (secondary N) is 1.